The van der Waals surface area contributed by atoms with Gasteiger partial charge in [-0.05, 0) is 29.7 Å². The van der Waals surface area contributed by atoms with Gasteiger partial charge in [0.1, 0.15) is 12.1 Å². The Morgan fingerprint density at radius 2 is 1.75 bits per heavy atom. The highest BCUT2D eigenvalue weighted by Gasteiger charge is 2.26. The summed E-state index contributed by atoms with van der Waals surface area (Å²) in [6.45, 7) is 0. The standard InChI is InChI=1S/C23H23N5O6S2/c1-34-23(30)27-19(12-15-5-3-2-4-6-15)22(29)26-18(20-14-35-21(13-24)25-20)11-16-7-9-17(10-8-16)28-36(31,32)33/h2-10,14,18-19,28H,11-12H2,1H3,(H,26,29)(H,27,30)(H,31,32,33). The third-order valence-electron chi connectivity index (χ3n) is 5.01. The van der Waals surface area contributed by atoms with Crippen molar-refractivity contribution in [3.05, 3.63) is 81.8 Å². The van der Waals surface area contributed by atoms with Crippen LogP contribution in [-0.4, -0.2) is 43.1 Å². The van der Waals surface area contributed by atoms with E-state index in [4.69, 9.17) is 4.55 Å². The molecule has 0 aliphatic rings. The summed E-state index contributed by atoms with van der Waals surface area (Å²) >= 11 is 1.13. The smallest absolute Gasteiger partial charge is 0.407 e. The number of nitrogens with one attached hydrogen (secondary N) is 3. The van der Waals surface area contributed by atoms with Crippen molar-refractivity contribution in [1.82, 2.24) is 15.6 Å². The van der Waals surface area contributed by atoms with E-state index < -0.39 is 34.4 Å². The summed E-state index contributed by atoms with van der Waals surface area (Å²) in [7, 11) is -3.21. The van der Waals surface area contributed by atoms with Crippen molar-refractivity contribution < 1.29 is 27.3 Å². The zero-order valence-electron chi connectivity index (χ0n) is 19.0. The van der Waals surface area contributed by atoms with E-state index in [-0.39, 0.29) is 23.5 Å². The van der Waals surface area contributed by atoms with Crippen molar-refractivity contribution in [1.29, 1.82) is 5.26 Å². The topological polar surface area (TPSA) is 171 Å². The van der Waals surface area contributed by atoms with Gasteiger partial charge < -0.3 is 15.4 Å². The highest BCUT2D eigenvalue weighted by Crippen LogP contribution is 2.22. The van der Waals surface area contributed by atoms with Crippen LogP contribution in [0.25, 0.3) is 0 Å². The molecular formula is C23H23N5O6S2. The number of carbonyl (C=O) groups is 2. The van der Waals surface area contributed by atoms with Gasteiger partial charge in [0.15, 0.2) is 5.01 Å². The molecule has 2 atom stereocenters. The molecule has 2 aromatic carbocycles. The van der Waals surface area contributed by atoms with Gasteiger partial charge in [0, 0.05) is 11.8 Å². The first-order chi connectivity index (χ1) is 17.2. The van der Waals surface area contributed by atoms with E-state index in [1.165, 1.54) is 19.2 Å². The second kappa shape index (κ2) is 12.1. The molecule has 3 aromatic rings. The second-order valence-electron chi connectivity index (χ2n) is 7.61. The Balaban J connectivity index is 1.83. The highest BCUT2D eigenvalue weighted by molar-refractivity contribution is 7.87. The third-order valence-corrected chi connectivity index (χ3v) is 6.27. The molecule has 0 saturated heterocycles. The number of methoxy groups -OCH3 is 1. The van der Waals surface area contributed by atoms with Crippen molar-refractivity contribution in [3.8, 4) is 6.07 Å². The van der Waals surface area contributed by atoms with Crippen LogP contribution in [0.1, 0.15) is 27.9 Å². The van der Waals surface area contributed by atoms with Crippen molar-refractivity contribution in [2.24, 2.45) is 0 Å². The first-order valence-corrected chi connectivity index (χ1v) is 12.9. The third kappa shape index (κ3) is 8.05. The molecule has 0 aliphatic heterocycles. The Hall–Kier alpha value is -3.99. The number of nitrogens with zero attached hydrogens (tertiary/aromatic N) is 2. The fourth-order valence-corrected chi connectivity index (χ4v) is 4.45. The van der Waals surface area contributed by atoms with Gasteiger partial charge in [-0.1, -0.05) is 42.5 Å². The van der Waals surface area contributed by atoms with Gasteiger partial charge in [-0.15, -0.1) is 11.3 Å². The molecule has 13 heteroatoms. The molecule has 0 radical (unpaired) electrons. The minimum atomic E-state index is -4.41. The number of hydrogen-bond donors (Lipinski definition) is 4. The first kappa shape index (κ1) is 26.6. The number of anilines is 1. The number of aromatic nitrogens is 1. The maximum atomic E-state index is 13.3. The minimum absolute atomic E-state index is 0.160. The number of hydrogen-bond acceptors (Lipinski definition) is 8. The van der Waals surface area contributed by atoms with E-state index in [1.54, 1.807) is 17.5 Å². The number of benzene rings is 2. The van der Waals surface area contributed by atoms with E-state index in [0.29, 0.717) is 11.3 Å². The van der Waals surface area contributed by atoms with Crippen LogP contribution in [0.4, 0.5) is 10.5 Å². The predicted octanol–water partition coefficient (Wildman–Crippen LogP) is 2.60. The number of thiazole rings is 1. The zero-order valence-corrected chi connectivity index (χ0v) is 20.7. The second-order valence-corrected chi connectivity index (χ2v) is 9.62. The van der Waals surface area contributed by atoms with E-state index in [2.05, 4.69) is 20.4 Å². The van der Waals surface area contributed by atoms with Crippen LogP contribution in [0.15, 0.2) is 60.0 Å². The fourth-order valence-electron chi connectivity index (χ4n) is 3.35. The molecule has 0 spiro atoms. The Kier molecular flexibility index (Phi) is 8.96. The van der Waals surface area contributed by atoms with Crippen LogP contribution in [0.3, 0.4) is 0 Å². The lowest BCUT2D eigenvalue weighted by atomic mass is 10.0. The average molecular weight is 530 g/mol. The minimum Gasteiger partial charge on any atom is -0.453 e. The molecule has 0 fully saturated rings. The van der Waals surface area contributed by atoms with Crippen LogP contribution in [0.2, 0.25) is 0 Å². The Morgan fingerprint density at radius 1 is 1.08 bits per heavy atom. The number of ether oxygens (including phenoxy) is 1. The molecule has 2 unspecified atom stereocenters. The van der Waals surface area contributed by atoms with Gasteiger partial charge in [0.05, 0.1) is 24.5 Å². The largest absolute Gasteiger partial charge is 0.453 e. The summed E-state index contributed by atoms with van der Waals surface area (Å²) in [4.78, 5) is 29.5. The molecule has 188 valence electrons. The first-order valence-electron chi connectivity index (χ1n) is 10.6. The highest BCUT2D eigenvalue weighted by atomic mass is 32.2. The fraction of sp³-hybridized carbons (Fsp3) is 0.217. The Morgan fingerprint density at radius 3 is 2.33 bits per heavy atom. The molecule has 36 heavy (non-hydrogen) atoms. The van der Waals surface area contributed by atoms with Crippen LogP contribution in [0, 0.1) is 11.3 Å². The van der Waals surface area contributed by atoms with E-state index >= 15 is 0 Å². The van der Waals surface area contributed by atoms with E-state index in [1.807, 2.05) is 41.1 Å². The molecule has 2 amide bonds. The van der Waals surface area contributed by atoms with Crippen molar-refractivity contribution >= 4 is 39.3 Å². The Labute approximate surface area is 212 Å². The average Bonchev–Trinajstić information content (AvgIpc) is 3.33. The number of nitriles is 1. The van der Waals surface area contributed by atoms with E-state index in [0.717, 1.165) is 16.9 Å². The van der Waals surface area contributed by atoms with Gasteiger partial charge in [-0.2, -0.15) is 13.7 Å². The monoisotopic (exact) mass is 529 g/mol. The lowest BCUT2D eigenvalue weighted by molar-refractivity contribution is -0.123. The molecule has 0 saturated carbocycles. The molecule has 1 aromatic heterocycles. The van der Waals surface area contributed by atoms with Crippen molar-refractivity contribution in [3.63, 3.8) is 0 Å². The summed E-state index contributed by atoms with van der Waals surface area (Å²) < 4.78 is 37.6. The summed E-state index contributed by atoms with van der Waals surface area (Å²) in [5, 5.41) is 16.5. The SMILES string of the molecule is COC(=O)NC(Cc1ccccc1)C(=O)NC(Cc1ccc(NS(=O)(=O)O)cc1)c1csc(C#N)n1. The normalized spacial score (nSPS) is 12.6. The van der Waals surface area contributed by atoms with Crippen LogP contribution in [-0.2, 0) is 32.7 Å². The molecule has 0 bridgehead atoms. The van der Waals surface area contributed by atoms with Crippen LogP contribution in [0.5, 0.6) is 0 Å². The molecule has 4 N–H and O–H groups in total. The van der Waals surface area contributed by atoms with Gasteiger partial charge in [0.2, 0.25) is 5.91 Å². The van der Waals surface area contributed by atoms with E-state index in [9.17, 15) is 23.3 Å². The van der Waals surface area contributed by atoms with Gasteiger partial charge in [-0.3, -0.25) is 14.1 Å². The Bertz CT molecular complexity index is 1340. The van der Waals surface area contributed by atoms with Gasteiger partial charge in [-0.25, -0.2) is 9.78 Å². The van der Waals surface area contributed by atoms with Crippen molar-refractivity contribution in [2.75, 3.05) is 11.8 Å². The summed E-state index contributed by atoms with van der Waals surface area (Å²) in [6, 6.07) is 15.7. The molecule has 1 heterocycles. The summed E-state index contributed by atoms with van der Waals surface area (Å²) in [5.74, 6) is -0.481. The quantitative estimate of drug-likeness (QED) is 0.290. The molecule has 11 nitrogen and oxygen atoms in total. The van der Waals surface area contributed by atoms with Gasteiger partial charge >= 0.3 is 16.4 Å². The maximum absolute atomic E-state index is 13.3. The van der Waals surface area contributed by atoms with Crippen molar-refractivity contribution in [2.45, 2.75) is 24.9 Å². The molecule has 0 aliphatic carbocycles. The molecule has 3 rings (SSSR count). The number of amides is 2. The van der Waals surface area contributed by atoms with Crippen LogP contribution >= 0.6 is 11.3 Å². The predicted molar refractivity (Wildman–Crippen MR) is 133 cm³/mol. The number of carbonyl (C=O) groups excluding carboxylic acids is 2. The van der Waals surface area contributed by atoms with Gasteiger partial charge in [0.25, 0.3) is 0 Å². The lowest BCUT2D eigenvalue weighted by Crippen LogP contribution is -2.49. The molecular weight excluding hydrogens is 506 g/mol. The summed E-state index contributed by atoms with van der Waals surface area (Å²) in [5.41, 5.74) is 2.16. The zero-order chi connectivity index (χ0) is 26.1. The maximum Gasteiger partial charge on any atom is 0.407 e. The summed E-state index contributed by atoms with van der Waals surface area (Å²) in [6.07, 6.45) is -0.293. The number of rotatable bonds is 10. The van der Waals surface area contributed by atoms with Crippen LogP contribution < -0.4 is 15.4 Å². The lowest BCUT2D eigenvalue weighted by Gasteiger charge is -2.23. The number of alkyl carbamates (subject to hydrolysis) is 1.